The largest absolute Gasteiger partial charge is 0.444 e. The zero-order valence-corrected chi connectivity index (χ0v) is 22.6. The molecule has 1 rings (SSSR count). The highest BCUT2D eigenvalue weighted by atomic mass is 16.6. The minimum absolute atomic E-state index is 0.142. The molecular formula is C28H45N3O4. The summed E-state index contributed by atoms with van der Waals surface area (Å²) in [5, 5.41) is 5.76. The van der Waals surface area contributed by atoms with Crippen LogP contribution in [0.15, 0.2) is 30.8 Å². The van der Waals surface area contributed by atoms with Gasteiger partial charge in [0.15, 0.2) is 0 Å². The molecule has 0 heterocycles. The van der Waals surface area contributed by atoms with E-state index in [1.165, 1.54) is 0 Å². The molecule has 0 spiro atoms. The predicted molar refractivity (Wildman–Crippen MR) is 142 cm³/mol. The van der Waals surface area contributed by atoms with Crippen LogP contribution in [-0.4, -0.2) is 47.5 Å². The van der Waals surface area contributed by atoms with Gasteiger partial charge in [-0.3, -0.25) is 9.59 Å². The molecule has 0 saturated carbocycles. The van der Waals surface area contributed by atoms with Gasteiger partial charge in [-0.2, -0.15) is 0 Å². The van der Waals surface area contributed by atoms with Crippen molar-refractivity contribution >= 4 is 24.0 Å². The highest BCUT2D eigenvalue weighted by molar-refractivity contribution is 5.92. The first kappa shape index (κ1) is 30.2. The van der Waals surface area contributed by atoms with Gasteiger partial charge in [0.2, 0.25) is 11.8 Å². The molecule has 0 fully saturated rings. The van der Waals surface area contributed by atoms with E-state index in [9.17, 15) is 14.4 Å². The molecule has 0 aliphatic heterocycles. The van der Waals surface area contributed by atoms with Crippen LogP contribution in [0.4, 0.5) is 4.79 Å². The average Bonchev–Trinajstić information content (AvgIpc) is 2.76. The lowest BCUT2D eigenvalue weighted by molar-refractivity contribution is -0.142. The number of nitrogens with zero attached hydrogens (tertiary/aromatic N) is 1. The third-order valence-electron chi connectivity index (χ3n) is 5.30. The van der Waals surface area contributed by atoms with Crippen molar-refractivity contribution in [3.05, 3.63) is 42.0 Å². The Kier molecular flexibility index (Phi) is 12.5. The van der Waals surface area contributed by atoms with Crippen LogP contribution in [0.25, 0.3) is 6.08 Å². The predicted octanol–water partition coefficient (Wildman–Crippen LogP) is 5.47. The van der Waals surface area contributed by atoms with Gasteiger partial charge in [-0.05, 0) is 63.1 Å². The summed E-state index contributed by atoms with van der Waals surface area (Å²) >= 11 is 0. The zero-order chi connectivity index (χ0) is 26.6. The fourth-order valence-electron chi connectivity index (χ4n) is 3.76. The normalized spacial score (nSPS) is 13.0. The fraction of sp³-hybridized carbons (Fsp3) is 0.607. The van der Waals surface area contributed by atoms with Crippen molar-refractivity contribution in [3.8, 4) is 0 Å². The summed E-state index contributed by atoms with van der Waals surface area (Å²) in [5.41, 5.74) is 0.882. The molecule has 2 N–H and O–H groups in total. The Morgan fingerprint density at radius 3 is 2.37 bits per heavy atom. The van der Waals surface area contributed by atoms with Crippen LogP contribution in [0.2, 0.25) is 0 Å². The number of alkyl carbamates (subject to hydrolysis) is 1. The van der Waals surface area contributed by atoms with E-state index >= 15 is 0 Å². The molecular weight excluding hydrogens is 442 g/mol. The second kappa shape index (κ2) is 14.5. The van der Waals surface area contributed by atoms with E-state index in [1.807, 2.05) is 45.0 Å². The SMILES string of the molecule is C=Cc1cccc(C(C(=O)NCCCC)N(CCC)C(=O)C(CC(C)C)NC(=O)OC(C)(C)C)c1. The molecule has 0 bridgehead atoms. The summed E-state index contributed by atoms with van der Waals surface area (Å²) < 4.78 is 5.42. The van der Waals surface area contributed by atoms with Crippen molar-refractivity contribution in [2.45, 2.75) is 91.8 Å². The molecule has 0 aliphatic carbocycles. The molecule has 3 amide bonds. The standard InChI is InChI=1S/C28H45N3O4/c1-9-12-16-29-25(32)24(22-15-13-14-21(11-3)19-22)31(17-10-2)26(33)23(18-20(4)5)30-27(34)35-28(6,7)8/h11,13-15,19-20,23-24H,3,9-10,12,16-18H2,1-2,4-8H3,(H,29,32)(H,30,34). The van der Waals surface area contributed by atoms with Gasteiger partial charge in [0.05, 0.1) is 0 Å². The third kappa shape index (κ3) is 10.5. The topological polar surface area (TPSA) is 87.7 Å². The van der Waals surface area contributed by atoms with Crippen LogP contribution in [0, 0.1) is 5.92 Å². The van der Waals surface area contributed by atoms with Gasteiger partial charge >= 0.3 is 6.09 Å². The fourth-order valence-corrected chi connectivity index (χ4v) is 3.76. The van der Waals surface area contributed by atoms with Crippen LogP contribution in [0.3, 0.4) is 0 Å². The number of nitrogens with one attached hydrogen (secondary N) is 2. The lowest BCUT2D eigenvalue weighted by Crippen LogP contribution is -2.53. The Hall–Kier alpha value is -2.83. The van der Waals surface area contributed by atoms with Crippen molar-refractivity contribution in [1.29, 1.82) is 0 Å². The van der Waals surface area contributed by atoms with Crippen LogP contribution in [0.1, 0.15) is 91.3 Å². The minimum atomic E-state index is -0.825. The van der Waals surface area contributed by atoms with Crippen LogP contribution >= 0.6 is 0 Å². The molecule has 7 nitrogen and oxygen atoms in total. The van der Waals surface area contributed by atoms with E-state index in [4.69, 9.17) is 4.74 Å². The van der Waals surface area contributed by atoms with Crippen molar-refractivity contribution in [2.24, 2.45) is 5.92 Å². The van der Waals surface area contributed by atoms with Crippen LogP contribution in [-0.2, 0) is 14.3 Å². The molecule has 196 valence electrons. The van der Waals surface area contributed by atoms with E-state index in [-0.39, 0.29) is 17.7 Å². The van der Waals surface area contributed by atoms with E-state index in [0.717, 1.165) is 18.4 Å². The molecule has 2 atom stereocenters. The van der Waals surface area contributed by atoms with E-state index in [1.54, 1.807) is 31.7 Å². The molecule has 35 heavy (non-hydrogen) atoms. The highest BCUT2D eigenvalue weighted by Crippen LogP contribution is 2.25. The molecule has 1 aromatic rings. The highest BCUT2D eigenvalue weighted by Gasteiger charge is 2.36. The summed E-state index contributed by atoms with van der Waals surface area (Å²) in [5.74, 6) is -0.392. The van der Waals surface area contributed by atoms with E-state index < -0.39 is 23.8 Å². The third-order valence-corrected chi connectivity index (χ3v) is 5.30. The first-order chi connectivity index (χ1) is 16.4. The summed E-state index contributed by atoms with van der Waals surface area (Å²) in [7, 11) is 0. The molecule has 7 heteroatoms. The number of unbranched alkanes of at least 4 members (excludes halogenated alkanes) is 1. The van der Waals surface area contributed by atoms with Crippen molar-refractivity contribution in [1.82, 2.24) is 15.5 Å². The van der Waals surface area contributed by atoms with Crippen LogP contribution in [0.5, 0.6) is 0 Å². The first-order valence-corrected chi connectivity index (χ1v) is 12.7. The second-order valence-corrected chi connectivity index (χ2v) is 10.3. The van der Waals surface area contributed by atoms with E-state index in [0.29, 0.717) is 31.5 Å². The van der Waals surface area contributed by atoms with Gasteiger partial charge in [-0.1, -0.05) is 65.0 Å². The molecule has 2 unspecified atom stereocenters. The summed E-state index contributed by atoms with van der Waals surface area (Å²) in [6, 6.07) is 5.86. The number of carbonyl (C=O) groups excluding carboxylic acids is 3. The number of carbonyl (C=O) groups is 3. The van der Waals surface area contributed by atoms with Crippen molar-refractivity contribution < 1.29 is 19.1 Å². The number of ether oxygens (including phenoxy) is 1. The average molecular weight is 488 g/mol. The number of hydrogen-bond donors (Lipinski definition) is 2. The smallest absolute Gasteiger partial charge is 0.408 e. The van der Waals surface area contributed by atoms with E-state index in [2.05, 4.69) is 24.1 Å². The maximum Gasteiger partial charge on any atom is 0.408 e. The maximum atomic E-state index is 13.9. The molecule has 1 aromatic carbocycles. The Balaban J connectivity index is 3.42. The summed E-state index contributed by atoms with van der Waals surface area (Å²) in [6.45, 7) is 18.1. The summed E-state index contributed by atoms with van der Waals surface area (Å²) in [4.78, 5) is 41.5. The number of rotatable bonds is 13. The van der Waals surface area contributed by atoms with Gasteiger partial charge in [-0.15, -0.1) is 0 Å². The van der Waals surface area contributed by atoms with Gasteiger partial charge in [0, 0.05) is 13.1 Å². The Morgan fingerprint density at radius 2 is 1.83 bits per heavy atom. The van der Waals surface area contributed by atoms with Crippen molar-refractivity contribution in [2.75, 3.05) is 13.1 Å². The van der Waals surface area contributed by atoms with Crippen molar-refractivity contribution in [3.63, 3.8) is 0 Å². The Morgan fingerprint density at radius 1 is 1.14 bits per heavy atom. The number of hydrogen-bond acceptors (Lipinski definition) is 4. The lowest BCUT2D eigenvalue weighted by atomic mass is 9.98. The van der Waals surface area contributed by atoms with Gasteiger partial charge in [-0.25, -0.2) is 4.79 Å². The quantitative estimate of drug-likeness (QED) is 0.361. The maximum absolute atomic E-state index is 13.9. The minimum Gasteiger partial charge on any atom is -0.444 e. The van der Waals surface area contributed by atoms with Gasteiger partial charge in [0.25, 0.3) is 0 Å². The first-order valence-electron chi connectivity index (χ1n) is 12.7. The number of benzene rings is 1. The number of amides is 3. The molecule has 0 radical (unpaired) electrons. The molecule has 0 aromatic heterocycles. The molecule has 0 saturated heterocycles. The summed E-state index contributed by atoms with van der Waals surface area (Å²) in [6.07, 6.45) is 3.95. The molecule has 0 aliphatic rings. The Bertz CT molecular complexity index is 845. The van der Waals surface area contributed by atoms with Gasteiger partial charge < -0.3 is 20.3 Å². The van der Waals surface area contributed by atoms with Gasteiger partial charge in [0.1, 0.15) is 17.7 Å². The lowest BCUT2D eigenvalue weighted by Gasteiger charge is -2.35. The van der Waals surface area contributed by atoms with Crippen LogP contribution < -0.4 is 10.6 Å². The monoisotopic (exact) mass is 487 g/mol. The Labute approximate surface area is 211 Å². The second-order valence-electron chi connectivity index (χ2n) is 10.3. The zero-order valence-electron chi connectivity index (χ0n) is 22.6.